The Morgan fingerprint density at radius 2 is 1.80 bits per heavy atom. The van der Waals surface area contributed by atoms with Crippen molar-refractivity contribution in [1.82, 2.24) is 0 Å². The smallest absolute Gasteiger partial charge is 0.255 e. The first-order valence-corrected chi connectivity index (χ1v) is 4.19. The molecule has 1 rings (SSSR count). The van der Waals surface area contributed by atoms with Gasteiger partial charge in [0.2, 0.25) is 0 Å². The summed E-state index contributed by atoms with van der Waals surface area (Å²) < 4.78 is 5.04. The molecule has 6 heteroatoms. The molecule has 0 heterocycles. The molecule has 15 heavy (non-hydrogen) atoms. The van der Waals surface area contributed by atoms with Crippen LogP contribution in [0.25, 0.3) is 0 Å². The monoisotopic (exact) mass is 208 g/mol. The summed E-state index contributed by atoms with van der Waals surface area (Å²) in [4.78, 5) is 14.2. The number of benzene rings is 1. The number of hydrogen-bond donors (Lipinski definition) is 3. The fourth-order valence-electron chi connectivity index (χ4n) is 0.920. The Hall–Kier alpha value is -2.24. The zero-order chi connectivity index (χ0) is 11.3. The second-order valence-electron chi connectivity index (χ2n) is 2.79. The molecule has 0 saturated heterocycles. The van der Waals surface area contributed by atoms with Crippen LogP contribution >= 0.6 is 0 Å². The first-order chi connectivity index (χ1) is 7.08. The number of carbonyl (C=O) groups excluding carboxylic acids is 1. The maximum Gasteiger partial charge on any atom is 0.255 e. The molecule has 0 unspecified atom stereocenters. The molecule has 1 amide bonds. The van der Waals surface area contributed by atoms with Crippen LogP contribution in [0.1, 0.15) is 0 Å². The Morgan fingerprint density at radius 3 is 2.27 bits per heavy atom. The van der Waals surface area contributed by atoms with Gasteiger partial charge in [-0.1, -0.05) is 0 Å². The van der Waals surface area contributed by atoms with Gasteiger partial charge in [-0.05, 0) is 24.3 Å². The van der Waals surface area contributed by atoms with Crippen molar-refractivity contribution in [3.8, 4) is 5.75 Å². The molecule has 0 spiro atoms. The molecule has 6 nitrogen and oxygen atoms in total. The molecule has 0 radical (unpaired) electrons. The van der Waals surface area contributed by atoms with Crippen molar-refractivity contribution in [3.63, 3.8) is 0 Å². The highest BCUT2D eigenvalue weighted by Gasteiger charge is 1.97. The van der Waals surface area contributed by atoms with E-state index in [0.29, 0.717) is 11.4 Å². The summed E-state index contributed by atoms with van der Waals surface area (Å²) in [6.45, 7) is -0.151. The average Bonchev–Trinajstić information content (AvgIpc) is 2.16. The summed E-state index contributed by atoms with van der Waals surface area (Å²) in [6, 6.07) is 6.61. The van der Waals surface area contributed by atoms with Crippen LogP contribution in [0.15, 0.2) is 29.3 Å². The molecule has 0 aliphatic carbocycles. The third kappa shape index (κ3) is 3.99. The fourth-order valence-corrected chi connectivity index (χ4v) is 0.920. The lowest BCUT2D eigenvalue weighted by Crippen LogP contribution is -2.21. The second-order valence-corrected chi connectivity index (χ2v) is 2.79. The van der Waals surface area contributed by atoms with E-state index in [1.807, 2.05) is 0 Å². The zero-order valence-electron chi connectivity index (χ0n) is 8.01. The highest BCUT2D eigenvalue weighted by Crippen LogP contribution is 2.17. The third-order valence-corrected chi connectivity index (χ3v) is 1.48. The summed E-state index contributed by atoms with van der Waals surface area (Å²) in [6.07, 6.45) is 0. The number of rotatable bonds is 4. The van der Waals surface area contributed by atoms with Crippen molar-refractivity contribution in [2.75, 3.05) is 6.61 Å². The number of ether oxygens (including phenoxy) is 1. The van der Waals surface area contributed by atoms with Crippen molar-refractivity contribution >= 4 is 17.6 Å². The van der Waals surface area contributed by atoms with Gasteiger partial charge in [-0.25, -0.2) is 4.99 Å². The lowest BCUT2D eigenvalue weighted by Gasteiger charge is -2.03. The number of hydrogen-bond acceptors (Lipinski definition) is 3. The van der Waals surface area contributed by atoms with Crippen LogP contribution < -0.4 is 21.9 Å². The topological polar surface area (TPSA) is 117 Å². The van der Waals surface area contributed by atoms with Crippen LogP contribution in [0.4, 0.5) is 5.69 Å². The number of guanidine groups is 1. The Labute approximate surface area is 86.7 Å². The van der Waals surface area contributed by atoms with Crippen molar-refractivity contribution in [2.24, 2.45) is 22.2 Å². The molecule has 1 aromatic carbocycles. The summed E-state index contributed by atoms with van der Waals surface area (Å²) >= 11 is 0. The van der Waals surface area contributed by atoms with E-state index in [1.165, 1.54) is 0 Å². The lowest BCUT2D eigenvalue weighted by molar-refractivity contribution is -0.119. The van der Waals surface area contributed by atoms with Crippen LogP contribution in [0.2, 0.25) is 0 Å². The quantitative estimate of drug-likeness (QED) is 0.454. The minimum atomic E-state index is -0.525. The van der Waals surface area contributed by atoms with Crippen LogP contribution in [0.5, 0.6) is 5.75 Å². The Kier molecular flexibility index (Phi) is 3.50. The van der Waals surface area contributed by atoms with Crippen molar-refractivity contribution in [3.05, 3.63) is 24.3 Å². The number of carbonyl (C=O) groups is 1. The maximum absolute atomic E-state index is 10.4. The largest absolute Gasteiger partial charge is 0.484 e. The van der Waals surface area contributed by atoms with E-state index >= 15 is 0 Å². The highest BCUT2D eigenvalue weighted by molar-refractivity contribution is 5.79. The predicted molar refractivity (Wildman–Crippen MR) is 56.6 cm³/mol. The van der Waals surface area contributed by atoms with Crippen LogP contribution in [-0.4, -0.2) is 18.5 Å². The van der Waals surface area contributed by atoms with Gasteiger partial charge in [0.15, 0.2) is 12.6 Å². The van der Waals surface area contributed by atoms with Crippen LogP contribution in [0.3, 0.4) is 0 Å². The molecule has 0 saturated carbocycles. The number of primary amides is 1. The van der Waals surface area contributed by atoms with E-state index in [4.69, 9.17) is 21.9 Å². The highest BCUT2D eigenvalue weighted by atomic mass is 16.5. The second kappa shape index (κ2) is 4.85. The number of aliphatic imine (C=N–C) groups is 1. The third-order valence-electron chi connectivity index (χ3n) is 1.48. The van der Waals surface area contributed by atoms with E-state index in [1.54, 1.807) is 24.3 Å². The Balaban J connectivity index is 2.64. The van der Waals surface area contributed by atoms with Gasteiger partial charge < -0.3 is 21.9 Å². The minimum Gasteiger partial charge on any atom is -0.484 e. The molecule has 80 valence electrons. The van der Waals surface area contributed by atoms with Crippen molar-refractivity contribution in [1.29, 1.82) is 0 Å². The van der Waals surface area contributed by atoms with Crippen molar-refractivity contribution < 1.29 is 9.53 Å². The van der Waals surface area contributed by atoms with Crippen LogP contribution in [0, 0.1) is 0 Å². The van der Waals surface area contributed by atoms with E-state index in [9.17, 15) is 4.79 Å². The van der Waals surface area contributed by atoms with Gasteiger partial charge in [-0.2, -0.15) is 0 Å². The van der Waals surface area contributed by atoms with Gasteiger partial charge in [0.25, 0.3) is 5.91 Å². The summed E-state index contributed by atoms with van der Waals surface area (Å²) in [7, 11) is 0. The zero-order valence-corrected chi connectivity index (χ0v) is 8.01. The molecular weight excluding hydrogens is 196 g/mol. The van der Waals surface area contributed by atoms with Gasteiger partial charge in [0.05, 0.1) is 5.69 Å². The number of amides is 1. The molecule has 0 bridgehead atoms. The Bertz CT molecular complexity index is 368. The minimum absolute atomic E-state index is 0.0131. The van der Waals surface area contributed by atoms with Crippen LogP contribution in [-0.2, 0) is 4.79 Å². The molecule has 0 aliphatic heterocycles. The lowest BCUT2D eigenvalue weighted by atomic mass is 10.3. The summed E-state index contributed by atoms with van der Waals surface area (Å²) in [5, 5.41) is 0. The molecule has 0 fully saturated rings. The van der Waals surface area contributed by atoms with Gasteiger partial charge in [0, 0.05) is 0 Å². The summed E-state index contributed by atoms with van der Waals surface area (Å²) in [5.41, 5.74) is 15.9. The molecule has 0 atom stereocenters. The molecular formula is C9H12N4O2. The van der Waals surface area contributed by atoms with E-state index in [0.717, 1.165) is 0 Å². The summed E-state index contributed by atoms with van der Waals surface area (Å²) in [5.74, 6) is -0.00699. The number of nitrogens with zero attached hydrogens (tertiary/aromatic N) is 1. The fraction of sp³-hybridized carbons (Fsp3) is 0.111. The normalized spacial score (nSPS) is 9.33. The SMILES string of the molecule is NC(=O)COc1ccc(N=C(N)N)cc1. The van der Waals surface area contributed by atoms with Gasteiger partial charge in [-0.3, -0.25) is 4.79 Å². The van der Waals surface area contributed by atoms with Crippen molar-refractivity contribution in [2.45, 2.75) is 0 Å². The Morgan fingerprint density at radius 1 is 1.20 bits per heavy atom. The predicted octanol–water partition coefficient (Wildman–Crippen LogP) is -0.544. The molecule has 0 aliphatic rings. The first-order valence-electron chi connectivity index (χ1n) is 4.19. The van der Waals surface area contributed by atoms with E-state index in [-0.39, 0.29) is 12.6 Å². The average molecular weight is 208 g/mol. The first kappa shape index (κ1) is 10.8. The van der Waals surface area contributed by atoms with Gasteiger partial charge in [0.1, 0.15) is 5.75 Å². The molecule has 1 aromatic rings. The maximum atomic E-state index is 10.4. The molecule has 0 aromatic heterocycles. The van der Waals surface area contributed by atoms with Gasteiger partial charge in [-0.15, -0.1) is 0 Å². The van der Waals surface area contributed by atoms with E-state index < -0.39 is 5.91 Å². The number of nitrogens with two attached hydrogens (primary N) is 3. The standard InChI is InChI=1S/C9H12N4O2/c10-8(14)5-15-7-3-1-6(2-4-7)13-9(11)12/h1-4H,5H2,(H2,10,14)(H4,11,12,13). The van der Waals surface area contributed by atoms with E-state index in [2.05, 4.69) is 4.99 Å². The van der Waals surface area contributed by atoms with Gasteiger partial charge >= 0.3 is 0 Å². The molecule has 6 N–H and O–H groups in total.